The first-order valence-electron chi connectivity index (χ1n) is 10.7. The van der Waals surface area contributed by atoms with Gasteiger partial charge in [0.15, 0.2) is 0 Å². The summed E-state index contributed by atoms with van der Waals surface area (Å²) in [5.41, 5.74) is 1.90. The van der Waals surface area contributed by atoms with Gasteiger partial charge in [0.2, 0.25) is 15.9 Å². The molecule has 0 bridgehead atoms. The van der Waals surface area contributed by atoms with Crippen LogP contribution >= 0.6 is 0 Å². The van der Waals surface area contributed by atoms with E-state index >= 15 is 0 Å². The Morgan fingerprint density at radius 1 is 1.10 bits per heavy atom. The summed E-state index contributed by atoms with van der Waals surface area (Å²) >= 11 is 0. The largest absolute Gasteiger partial charge is 0.335 e. The monoisotopic (exact) mass is 427 g/mol. The Labute approximate surface area is 179 Å². The normalized spacial score (nSPS) is 22.9. The number of aromatic nitrogens is 1. The van der Waals surface area contributed by atoms with E-state index in [0.29, 0.717) is 23.9 Å². The van der Waals surface area contributed by atoms with Crippen molar-refractivity contribution in [2.75, 3.05) is 19.6 Å². The van der Waals surface area contributed by atoms with Crippen LogP contribution in [0.1, 0.15) is 49.8 Å². The quantitative estimate of drug-likeness (QED) is 0.733. The summed E-state index contributed by atoms with van der Waals surface area (Å²) in [6, 6.07) is 10.8. The summed E-state index contributed by atoms with van der Waals surface area (Å²) in [6.07, 6.45) is 7.70. The highest BCUT2D eigenvalue weighted by Gasteiger charge is 2.34. The van der Waals surface area contributed by atoms with Gasteiger partial charge in [-0.2, -0.15) is 4.31 Å². The number of carbonyl (C=O) groups is 1. The van der Waals surface area contributed by atoms with E-state index in [0.717, 1.165) is 43.4 Å². The van der Waals surface area contributed by atoms with Crippen LogP contribution in [0, 0.1) is 5.92 Å². The molecule has 6 nitrogen and oxygen atoms in total. The summed E-state index contributed by atoms with van der Waals surface area (Å²) in [5.74, 6) is 0.510. The Morgan fingerprint density at radius 3 is 2.50 bits per heavy atom. The maximum Gasteiger partial charge on any atom is 0.243 e. The van der Waals surface area contributed by atoms with E-state index in [1.165, 1.54) is 0 Å². The molecular weight excluding hydrogens is 398 g/mol. The third-order valence-electron chi connectivity index (χ3n) is 6.13. The third kappa shape index (κ3) is 4.42. The molecule has 2 atom stereocenters. The Bertz CT molecular complexity index is 971. The predicted molar refractivity (Wildman–Crippen MR) is 115 cm³/mol. The molecule has 4 rings (SSSR count). The van der Waals surface area contributed by atoms with Crippen molar-refractivity contribution < 1.29 is 13.2 Å². The van der Waals surface area contributed by atoms with Crippen molar-refractivity contribution in [2.45, 2.75) is 50.0 Å². The highest BCUT2D eigenvalue weighted by Crippen LogP contribution is 2.35. The Morgan fingerprint density at radius 2 is 1.83 bits per heavy atom. The van der Waals surface area contributed by atoms with Gasteiger partial charge in [-0.3, -0.25) is 9.78 Å². The molecule has 2 aliphatic heterocycles. The van der Waals surface area contributed by atoms with Crippen molar-refractivity contribution in [3.05, 3.63) is 59.9 Å². The van der Waals surface area contributed by atoms with Crippen LogP contribution in [0.4, 0.5) is 0 Å². The molecule has 0 N–H and O–H groups in total. The molecule has 3 heterocycles. The number of amides is 1. The van der Waals surface area contributed by atoms with Gasteiger partial charge in [-0.1, -0.05) is 31.5 Å². The molecule has 2 aliphatic rings. The molecule has 2 aromatic rings. The molecule has 2 fully saturated rings. The second kappa shape index (κ2) is 8.86. The Hall–Kier alpha value is -2.25. The highest BCUT2D eigenvalue weighted by atomic mass is 32.2. The predicted octanol–water partition coefficient (Wildman–Crippen LogP) is 3.41. The van der Waals surface area contributed by atoms with Gasteiger partial charge in [0.05, 0.1) is 17.4 Å². The van der Waals surface area contributed by atoms with Gasteiger partial charge in [0.1, 0.15) is 0 Å². The van der Waals surface area contributed by atoms with Crippen molar-refractivity contribution in [3.8, 4) is 0 Å². The van der Waals surface area contributed by atoms with Crippen molar-refractivity contribution in [3.63, 3.8) is 0 Å². The number of rotatable bonds is 5. The van der Waals surface area contributed by atoms with E-state index in [9.17, 15) is 13.2 Å². The first kappa shape index (κ1) is 21.0. The van der Waals surface area contributed by atoms with Crippen LogP contribution in [-0.2, 0) is 21.2 Å². The van der Waals surface area contributed by atoms with E-state index in [1.54, 1.807) is 34.8 Å². The minimum absolute atomic E-state index is 0.0555. The number of hydrogen-bond acceptors (Lipinski definition) is 4. The molecule has 1 amide bonds. The number of hydrogen-bond donors (Lipinski definition) is 0. The maximum atomic E-state index is 13.1. The molecular formula is C23H29N3O3S. The fraction of sp³-hybridized carbons (Fsp3) is 0.478. The van der Waals surface area contributed by atoms with Crippen LogP contribution in [0.5, 0.6) is 0 Å². The molecule has 2 saturated heterocycles. The fourth-order valence-electron chi connectivity index (χ4n) is 4.52. The van der Waals surface area contributed by atoms with Crippen LogP contribution < -0.4 is 0 Å². The van der Waals surface area contributed by atoms with E-state index in [1.807, 2.05) is 23.2 Å². The van der Waals surface area contributed by atoms with Crippen LogP contribution in [0.15, 0.2) is 53.7 Å². The molecule has 0 spiro atoms. The molecule has 0 saturated carbocycles. The molecule has 0 unspecified atom stereocenters. The number of pyridine rings is 1. The number of likely N-dealkylation sites (tertiary alicyclic amines) is 1. The maximum absolute atomic E-state index is 13.1. The summed E-state index contributed by atoms with van der Waals surface area (Å²) in [4.78, 5) is 19.5. The van der Waals surface area contributed by atoms with Crippen molar-refractivity contribution in [2.24, 2.45) is 5.92 Å². The summed E-state index contributed by atoms with van der Waals surface area (Å²) in [6.45, 7) is 4.08. The molecule has 7 heteroatoms. The van der Waals surface area contributed by atoms with Gasteiger partial charge in [-0.05, 0) is 54.5 Å². The highest BCUT2D eigenvalue weighted by molar-refractivity contribution is 7.89. The average molecular weight is 428 g/mol. The fourth-order valence-corrected chi connectivity index (χ4v) is 6.04. The van der Waals surface area contributed by atoms with E-state index in [4.69, 9.17) is 0 Å². The lowest BCUT2D eigenvalue weighted by atomic mass is 10.0. The number of sulfonamides is 1. The zero-order valence-electron chi connectivity index (χ0n) is 17.4. The third-order valence-corrected chi connectivity index (χ3v) is 8.04. The summed E-state index contributed by atoms with van der Waals surface area (Å²) in [5, 5.41) is 0. The van der Waals surface area contributed by atoms with Crippen LogP contribution in [0.3, 0.4) is 0 Å². The molecule has 0 aliphatic carbocycles. The van der Waals surface area contributed by atoms with Crippen molar-refractivity contribution in [1.29, 1.82) is 0 Å². The topological polar surface area (TPSA) is 70.6 Å². The smallest absolute Gasteiger partial charge is 0.243 e. The number of piperidine rings is 1. The van der Waals surface area contributed by atoms with Crippen LogP contribution in [0.25, 0.3) is 0 Å². The lowest BCUT2D eigenvalue weighted by molar-refractivity contribution is -0.131. The second-order valence-electron chi connectivity index (χ2n) is 8.47. The van der Waals surface area contributed by atoms with E-state index < -0.39 is 10.0 Å². The minimum atomic E-state index is -3.44. The first-order chi connectivity index (χ1) is 14.4. The van der Waals surface area contributed by atoms with Gasteiger partial charge in [-0.15, -0.1) is 0 Å². The average Bonchev–Trinajstić information content (AvgIpc) is 3.17. The lowest BCUT2D eigenvalue weighted by Crippen LogP contribution is -2.35. The van der Waals surface area contributed by atoms with Crippen molar-refractivity contribution >= 4 is 15.9 Å². The zero-order chi connectivity index (χ0) is 21.1. The van der Waals surface area contributed by atoms with Gasteiger partial charge < -0.3 is 4.90 Å². The summed E-state index contributed by atoms with van der Waals surface area (Å²) in [7, 11) is -3.44. The SMILES string of the molecule is C[C@H]1C[C@@H](c2cccnc2)N(C(=O)Cc2ccc(S(=O)(=O)N3CCCCC3)cc2)C1. The number of nitrogens with zero attached hydrogens (tertiary/aromatic N) is 3. The molecule has 160 valence electrons. The standard InChI is InChI=1S/C23H29N3O3S/c1-18-14-22(20-6-5-11-24-16-20)26(17-18)23(27)15-19-7-9-21(10-8-19)30(28,29)25-12-3-2-4-13-25/h5-11,16,18,22H,2-4,12-15,17H2,1H3/t18-,22-/m0/s1. The minimum Gasteiger partial charge on any atom is -0.335 e. The second-order valence-corrected chi connectivity index (χ2v) is 10.4. The molecule has 0 radical (unpaired) electrons. The lowest BCUT2D eigenvalue weighted by Gasteiger charge is -2.26. The van der Waals surface area contributed by atoms with Crippen LogP contribution in [0.2, 0.25) is 0 Å². The first-order valence-corrected chi connectivity index (χ1v) is 12.2. The molecule has 1 aromatic heterocycles. The Balaban J connectivity index is 1.46. The van der Waals surface area contributed by atoms with Crippen LogP contribution in [-0.4, -0.2) is 48.1 Å². The number of benzene rings is 1. The van der Waals surface area contributed by atoms with Crippen molar-refractivity contribution in [1.82, 2.24) is 14.2 Å². The Kier molecular flexibility index (Phi) is 6.20. The van der Waals surface area contributed by atoms with Gasteiger partial charge in [0, 0.05) is 32.0 Å². The van der Waals surface area contributed by atoms with Gasteiger partial charge in [0.25, 0.3) is 0 Å². The van der Waals surface area contributed by atoms with Gasteiger partial charge >= 0.3 is 0 Å². The van der Waals surface area contributed by atoms with Gasteiger partial charge in [-0.25, -0.2) is 8.42 Å². The molecule has 30 heavy (non-hydrogen) atoms. The van der Waals surface area contributed by atoms with E-state index in [2.05, 4.69) is 11.9 Å². The zero-order valence-corrected chi connectivity index (χ0v) is 18.2. The number of carbonyl (C=O) groups excluding carboxylic acids is 1. The van der Waals surface area contributed by atoms with E-state index in [-0.39, 0.29) is 18.4 Å². The summed E-state index contributed by atoms with van der Waals surface area (Å²) < 4.78 is 27.2. The molecule has 1 aromatic carbocycles.